The van der Waals surface area contributed by atoms with Gasteiger partial charge in [0.25, 0.3) is 0 Å². The normalized spacial score (nSPS) is 23.2. The first kappa shape index (κ1) is 15.4. The van der Waals surface area contributed by atoms with Crippen LogP contribution in [0.3, 0.4) is 0 Å². The molecular formula is C21H22FNO. The van der Waals surface area contributed by atoms with Crippen LogP contribution in [0.2, 0.25) is 0 Å². The number of nitrogens with zero attached hydrogens (tertiary/aromatic N) is 1. The van der Waals surface area contributed by atoms with Crippen molar-refractivity contribution < 1.29 is 9.13 Å². The van der Waals surface area contributed by atoms with Crippen molar-refractivity contribution in [2.75, 3.05) is 7.11 Å². The van der Waals surface area contributed by atoms with Gasteiger partial charge >= 0.3 is 0 Å². The molecule has 0 aromatic heterocycles. The monoisotopic (exact) mass is 323 g/mol. The average molecular weight is 323 g/mol. The molecule has 1 fully saturated rings. The molecule has 124 valence electrons. The van der Waals surface area contributed by atoms with Crippen LogP contribution in [0.15, 0.2) is 54.6 Å². The van der Waals surface area contributed by atoms with Crippen molar-refractivity contribution in [1.29, 1.82) is 0 Å². The van der Waals surface area contributed by atoms with E-state index < -0.39 is 0 Å². The zero-order valence-electron chi connectivity index (χ0n) is 13.9. The van der Waals surface area contributed by atoms with Crippen LogP contribution in [0.25, 0.3) is 5.57 Å². The molecule has 24 heavy (non-hydrogen) atoms. The van der Waals surface area contributed by atoms with Gasteiger partial charge in [-0.25, -0.2) is 4.39 Å². The van der Waals surface area contributed by atoms with Gasteiger partial charge in [-0.3, -0.25) is 4.90 Å². The number of benzene rings is 2. The molecule has 0 N–H and O–H groups in total. The third-order valence-corrected chi connectivity index (χ3v) is 5.27. The fourth-order valence-electron chi connectivity index (χ4n) is 4.04. The Morgan fingerprint density at radius 2 is 1.96 bits per heavy atom. The summed E-state index contributed by atoms with van der Waals surface area (Å²) < 4.78 is 19.6. The second-order valence-corrected chi connectivity index (χ2v) is 6.70. The lowest BCUT2D eigenvalue weighted by molar-refractivity contribution is 0.203. The predicted molar refractivity (Wildman–Crippen MR) is 94.3 cm³/mol. The molecule has 0 amide bonds. The minimum absolute atomic E-state index is 0.155. The van der Waals surface area contributed by atoms with Gasteiger partial charge in [-0.2, -0.15) is 0 Å². The van der Waals surface area contributed by atoms with Crippen molar-refractivity contribution >= 4 is 5.57 Å². The lowest BCUT2D eigenvalue weighted by Gasteiger charge is -2.34. The van der Waals surface area contributed by atoms with Crippen LogP contribution in [0, 0.1) is 5.82 Å². The maximum Gasteiger partial charge on any atom is 0.130 e. The van der Waals surface area contributed by atoms with Crippen LogP contribution < -0.4 is 4.74 Å². The van der Waals surface area contributed by atoms with E-state index in [1.165, 1.54) is 18.1 Å². The Hall–Kier alpha value is -2.13. The Balaban J connectivity index is 1.60. The fraction of sp³-hybridized carbons (Fsp3) is 0.333. The van der Waals surface area contributed by atoms with E-state index in [4.69, 9.17) is 4.74 Å². The first-order chi connectivity index (χ1) is 11.7. The largest absolute Gasteiger partial charge is 0.497 e. The molecule has 4 rings (SSSR count). The number of hydrogen-bond acceptors (Lipinski definition) is 2. The molecule has 2 unspecified atom stereocenters. The molecule has 2 aliphatic heterocycles. The highest BCUT2D eigenvalue weighted by Gasteiger charge is 2.37. The third kappa shape index (κ3) is 2.84. The number of ether oxygens (including phenoxy) is 1. The third-order valence-electron chi connectivity index (χ3n) is 5.27. The molecule has 2 heterocycles. The van der Waals surface area contributed by atoms with E-state index >= 15 is 0 Å². The van der Waals surface area contributed by atoms with Crippen LogP contribution in [-0.4, -0.2) is 24.1 Å². The molecule has 2 aliphatic rings. The molecule has 0 spiro atoms. The van der Waals surface area contributed by atoms with Crippen LogP contribution in [0.5, 0.6) is 5.75 Å². The number of halogens is 1. The van der Waals surface area contributed by atoms with E-state index in [1.54, 1.807) is 13.2 Å². The smallest absolute Gasteiger partial charge is 0.130 e. The summed E-state index contributed by atoms with van der Waals surface area (Å²) in [6, 6.07) is 16.5. The van der Waals surface area contributed by atoms with E-state index in [9.17, 15) is 4.39 Å². The summed E-state index contributed by atoms with van der Waals surface area (Å²) in [6.07, 6.45) is 5.52. The van der Waals surface area contributed by atoms with Gasteiger partial charge in [0.05, 0.1) is 7.11 Å². The summed E-state index contributed by atoms with van der Waals surface area (Å²) in [5.74, 6) is 0.560. The number of methoxy groups -OCH3 is 1. The maximum absolute atomic E-state index is 14.3. The summed E-state index contributed by atoms with van der Waals surface area (Å²) in [7, 11) is 1.62. The highest BCUT2D eigenvalue weighted by Crippen LogP contribution is 2.40. The van der Waals surface area contributed by atoms with E-state index in [2.05, 4.69) is 41.3 Å². The van der Waals surface area contributed by atoms with Crippen LogP contribution >= 0.6 is 0 Å². The molecule has 0 radical (unpaired) electrons. The Labute approximate surface area is 142 Å². The van der Waals surface area contributed by atoms with Gasteiger partial charge < -0.3 is 4.74 Å². The van der Waals surface area contributed by atoms with Crippen molar-refractivity contribution in [3.8, 4) is 5.75 Å². The molecule has 0 saturated carbocycles. The maximum atomic E-state index is 14.3. The molecule has 2 bridgehead atoms. The molecule has 3 heteroatoms. The number of fused-ring (bicyclic) bond motifs is 2. The standard InChI is InChI=1S/C21H22FNO/c1-24-19-9-10-21(22)20(13-19)16-11-17-7-8-18(12-16)23(17)14-15-5-3-2-4-6-15/h2-6,9-11,13,17-18H,7-8,12,14H2,1H3. The molecule has 2 atom stereocenters. The summed E-state index contributed by atoms with van der Waals surface area (Å²) in [4.78, 5) is 2.57. The van der Waals surface area contributed by atoms with Gasteiger partial charge in [0.15, 0.2) is 0 Å². The van der Waals surface area contributed by atoms with Crippen molar-refractivity contribution in [1.82, 2.24) is 4.90 Å². The zero-order valence-corrected chi connectivity index (χ0v) is 13.9. The second-order valence-electron chi connectivity index (χ2n) is 6.70. The van der Waals surface area contributed by atoms with Gasteiger partial charge in [-0.15, -0.1) is 0 Å². The topological polar surface area (TPSA) is 12.5 Å². The average Bonchev–Trinajstić information content (AvgIpc) is 2.84. The second kappa shape index (κ2) is 6.40. The van der Waals surface area contributed by atoms with E-state index in [-0.39, 0.29) is 5.82 Å². The minimum Gasteiger partial charge on any atom is -0.497 e. The Morgan fingerprint density at radius 1 is 1.12 bits per heavy atom. The van der Waals surface area contributed by atoms with Crippen molar-refractivity contribution in [2.24, 2.45) is 0 Å². The predicted octanol–water partition coefficient (Wildman–Crippen LogP) is 4.65. The van der Waals surface area contributed by atoms with E-state index in [0.29, 0.717) is 23.4 Å². The van der Waals surface area contributed by atoms with Gasteiger partial charge in [0.2, 0.25) is 0 Å². The van der Waals surface area contributed by atoms with Crippen molar-refractivity contribution in [2.45, 2.75) is 37.9 Å². The molecule has 2 aromatic carbocycles. The van der Waals surface area contributed by atoms with Gasteiger partial charge in [-0.05, 0) is 48.6 Å². The molecule has 1 saturated heterocycles. The SMILES string of the molecule is COc1ccc(F)c(C2=CC3CCC(C2)N3Cc2ccccc2)c1. The highest BCUT2D eigenvalue weighted by molar-refractivity contribution is 5.69. The molecule has 2 aromatic rings. The molecule has 2 nitrogen and oxygen atoms in total. The van der Waals surface area contributed by atoms with E-state index in [1.807, 2.05) is 6.07 Å². The first-order valence-corrected chi connectivity index (χ1v) is 8.59. The van der Waals surface area contributed by atoms with Crippen LogP contribution in [0.1, 0.15) is 30.4 Å². The van der Waals surface area contributed by atoms with Crippen LogP contribution in [0.4, 0.5) is 4.39 Å². The van der Waals surface area contributed by atoms with Crippen LogP contribution in [-0.2, 0) is 6.54 Å². The zero-order chi connectivity index (χ0) is 16.5. The number of rotatable bonds is 4. The van der Waals surface area contributed by atoms with Gasteiger partial charge in [0.1, 0.15) is 11.6 Å². The quantitative estimate of drug-likeness (QED) is 0.812. The molecule has 0 aliphatic carbocycles. The molecular weight excluding hydrogens is 301 g/mol. The first-order valence-electron chi connectivity index (χ1n) is 8.59. The van der Waals surface area contributed by atoms with Crippen molar-refractivity contribution in [3.05, 3.63) is 71.6 Å². The van der Waals surface area contributed by atoms with Gasteiger partial charge in [0, 0.05) is 24.2 Å². The van der Waals surface area contributed by atoms with Crippen molar-refractivity contribution in [3.63, 3.8) is 0 Å². The Kier molecular flexibility index (Phi) is 4.11. The highest BCUT2D eigenvalue weighted by atomic mass is 19.1. The lowest BCUT2D eigenvalue weighted by Crippen LogP contribution is -2.37. The summed E-state index contributed by atoms with van der Waals surface area (Å²) >= 11 is 0. The van der Waals surface area contributed by atoms with Gasteiger partial charge in [-0.1, -0.05) is 36.4 Å². The summed E-state index contributed by atoms with van der Waals surface area (Å²) in [5.41, 5.74) is 3.17. The minimum atomic E-state index is -0.155. The fourth-order valence-corrected chi connectivity index (χ4v) is 4.04. The van der Waals surface area contributed by atoms with E-state index in [0.717, 1.165) is 25.0 Å². The Morgan fingerprint density at radius 3 is 2.71 bits per heavy atom. The Bertz CT molecular complexity index is 756. The summed E-state index contributed by atoms with van der Waals surface area (Å²) in [5, 5.41) is 0. The lowest BCUT2D eigenvalue weighted by atomic mass is 9.93. The summed E-state index contributed by atoms with van der Waals surface area (Å²) in [6.45, 7) is 0.973. The number of hydrogen-bond donors (Lipinski definition) is 0.